The fraction of sp³-hybridized carbons (Fsp3) is 0.0952. The lowest BCUT2D eigenvalue weighted by molar-refractivity contribution is -0.116. The second-order valence-corrected chi connectivity index (χ2v) is 7.87. The number of methoxy groups -OCH3 is 1. The number of benzene rings is 1. The molecule has 0 aliphatic carbocycles. The van der Waals surface area contributed by atoms with E-state index >= 15 is 0 Å². The van der Waals surface area contributed by atoms with Crippen LogP contribution in [0.1, 0.15) is 9.67 Å². The molecule has 1 amide bonds. The third kappa shape index (κ3) is 4.61. The topological polar surface area (TPSA) is 116 Å². The van der Waals surface area contributed by atoms with Crippen molar-refractivity contribution in [3.05, 3.63) is 74.3 Å². The molecule has 0 aliphatic heterocycles. The van der Waals surface area contributed by atoms with Crippen LogP contribution in [0.2, 0.25) is 5.02 Å². The third-order valence-corrected chi connectivity index (χ3v) is 5.53. The molecule has 11 heteroatoms. The summed E-state index contributed by atoms with van der Waals surface area (Å²) in [5.41, 5.74) is 1.12. The van der Waals surface area contributed by atoms with Gasteiger partial charge in [-0.15, -0.1) is 11.3 Å². The van der Waals surface area contributed by atoms with E-state index in [2.05, 4.69) is 15.5 Å². The predicted molar refractivity (Wildman–Crippen MR) is 119 cm³/mol. The normalized spacial score (nSPS) is 10.7. The Labute approximate surface area is 190 Å². The molecule has 1 N–H and O–H groups in total. The van der Waals surface area contributed by atoms with E-state index in [-0.39, 0.29) is 22.9 Å². The quantitative estimate of drug-likeness (QED) is 0.427. The minimum absolute atomic E-state index is 0.190. The van der Waals surface area contributed by atoms with Crippen molar-refractivity contribution in [3.8, 4) is 22.8 Å². The molecule has 0 bridgehead atoms. The van der Waals surface area contributed by atoms with Crippen LogP contribution in [0.25, 0.3) is 22.8 Å². The Morgan fingerprint density at radius 3 is 2.66 bits per heavy atom. The summed E-state index contributed by atoms with van der Waals surface area (Å²) in [7, 11) is 1.26. The molecule has 162 valence electrons. The van der Waals surface area contributed by atoms with Crippen LogP contribution in [0, 0.1) is 0 Å². The van der Waals surface area contributed by atoms with Crippen LogP contribution in [0.4, 0.5) is 5.69 Å². The number of pyridine rings is 1. The van der Waals surface area contributed by atoms with E-state index in [1.54, 1.807) is 35.7 Å². The van der Waals surface area contributed by atoms with Gasteiger partial charge in [0, 0.05) is 22.8 Å². The zero-order valence-electron chi connectivity index (χ0n) is 16.6. The number of hydrogen-bond donors (Lipinski definition) is 1. The molecular formula is C21H15ClN4O5S. The van der Waals surface area contributed by atoms with Crippen LogP contribution in [0.15, 0.2) is 63.4 Å². The number of amides is 1. The van der Waals surface area contributed by atoms with Crippen molar-refractivity contribution >= 4 is 40.5 Å². The minimum Gasteiger partial charge on any atom is -0.465 e. The molecule has 32 heavy (non-hydrogen) atoms. The summed E-state index contributed by atoms with van der Waals surface area (Å²) in [5.74, 6) is -0.489. The van der Waals surface area contributed by atoms with E-state index in [9.17, 15) is 14.4 Å². The highest BCUT2D eigenvalue weighted by molar-refractivity contribution is 7.12. The van der Waals surface area contributed by atoms with E-state index in [1.807, 2.05) is 0 Å². The van der Waals surface area contributed by atoms with Gasteiger partial charge in [0.15, 0.2) is 0 Å². The molecule has 0 radical (unpaired) electrons. The SMILES string of the molecule is COC(=O)c1sccc1NC(=O)Cn1cc(-c2nc(-c3ccc(Cl)cc3)no2)ccc1=O. The summed E-state index contributed by atoms with van der Waals surface area (Å²) in [6.07, 6.45) is 1.45. The number of nitrogens with zero attached hydrogens (tertiary/aromatic N) is 3. The van der Waals surface area contributed by atoms with E-state index in [0.717, 1.165) is 11.3 Å². The van der Waals surface area contributed by atoms with Gasteiger partial charge < -0.3 is 19.1 Å². The molecule has 0 unspecified atom stereocenters. The summed E-state index contributed by atoms with van der Waals surface area (Å²) >= 11 is 7.04. The van der Waals surface area contributed by atoms with Crippen LogP contribution >= 0.6 is 22.9 Å². The molecule has 0 atom stereocenters. The average molecular weight is 471 g/mol. The van der Waals surface area contributed by atoms with Gasteiger partial charge in [0.25, 0.3) is 11.4 Å². The molecule has 0 fully saturated rings. The predicted octanol–water partition coefficient (Wildman–Crippen LogP) is 3.71. The van der Waals surface area contributed by atoms with Gasteiger partial charge in [-0.3, -0.25) is 9.59 Å². The van der Waals surface area contributed by atoms with E-state index < -0.39 is 11.9 Å². The van der Waals surface area contributed by atoms with Crippen LogP contribution in [0.3, 0.4) is 0 Å². The molecule has 1 aromatic carbocycles. The number of thiophene rings is 1. The van der Waals surface area contributed by atoms with E-state index in [4.69, 9.17) is 20.9 Å². The molecule has 0 saturated heterocycles. The maximum atomic E-state index is 12.5. The van der Waals surface area contributed by atoms with Gasteiger partial charge in [-0.1, -0.05) is 16.8 Å². The Morgan fingerprint density at radius 1 is 1.16 bits per heavy atom. The Hall–Kier alpha value is -3.76. The molecule has 3 heterocycles. The molecule has 0 spiro atoms. The summed E-state index contributed by atoms with van der Waals surface area (Å²) in [6.45, 7) is -0.276. The number of esters is 1. The molecular weight excluding hydrogens is 456 g/mol. The van der Waals surface area contributed by atoms with Gasteiger partial charge in [0.2, 0.25) is 11.7 Å². The van der Waals surface area contributed by atoms with E-state index in [1.165, 1.54) is 30.0 Å². The highest BCUT2D eigenvalue weighted by atomic mass is 35.5. The Morgan fingerprint density at radius 2 is 1.91 bits per heavy atom. The Bertz CT molecular complexity index is 1340. The number of nitrogens with one attached hydrogen (secondary N) is 1. The second-order valence-electron chi connectivity index (χ2n) is 6.52. The second kappa shape index (κ2) is 9.16. The maximum absolute atomic E-state index is 12.5. The van der Waals surface area contributed by atoms with Crippen LogP contribution in [-0.2, 0) is 16.1 Å². The van der Waals surface area contributed by atoms with Crippen molar-refractivity contribution in [2.75, 3.05) is 12.4 Å². The van der Waals surface area contributed by atoms with Crippen molar-refractivity contribution < 1.29 is 18.8 Å². The number of carbonyl (C=O) groups excluding carboxylic acids is 2. The number of hydrogen-bond acceptors (Lipinski definition) is 8. The first-order valence-corrected chi connectivity index (χ1v) is 10.5. The average Bonchev–Trinajstić information content (AvgIpc) is 3.45. The smallest absolute Gasteiger partial charge is 0.350 e. The summed E-state index contributed by atoms with van der Waals surface area (Å²) in [4.78, 5) is 41.1. The maximum Gasteiger partial charge on any atom is 0.350 e. The fourth-order valence-electron chi connectivity index (χ4n) is 2.84. The zero-order valence-corrected chi connectivity index (χ0v) is 18.1. The highest BCUT2D eigenvalue weighted by Gasteiger charge is 2.17. The van der Waals surface area contributed by atoms with Gasteiger partial charge in [-0.2, -0.15) is 4.98 Å². The van der Waals surface area contributed by atoms with Crippen molar-refractivity contribution in [2.24, 2.45) is 0 Å². The zero-order chi connectivity index (χ0) is 22.7. The minimum atomic E-state index is -0.553. The number of aromatic nitrogens is 3. The highest BCUT2D eigenvalue weighted by Crippen LogP contribution is 2.24. The molecule has 4 aromatic rings. The number of ether oxygens (including phenoxy) is 1. The summed E-state index contributed by atoms with van der Waals surface area (Å²) in [6, 6.07) is 11.4. The van der Waals surface area contributed by atoms with Crippen LogP contribution in [-0.4, -0.2) is 33.7 Å². The lowest BCUT2D eigenvalue weighted by atomic mass is 10.2. The fourth-order valence-corrected chi connectivity index (χ4v) is 3.73. The molecule has 9 nitrogen and oxygen atoms in total. The monoisotopic (exact) mass is 470 g/mol. The summed E-state index contributed by atoms with van der Waals surface area (Å²) < 4.78 is 11.2. The first kappa shape index (κ1) is 21.5. The number of halogens is 1. The van der Waals surface area contributed by atoms with Crippen molar-refractivity contribution in [1.29, 1.82) is 0 Å². The largest absolute Gasteiger partial charge is 0.465 e. The third-order valence-electron chi connectivity index (χ3n) is 4.38. The van der Waals surface area contributed by atoms with Crippen LogP contribution < -0.4 is 10.9 Å². The molecule has 0 saturated carbocycles. The summed E-state index contributed by atoms with van der Waals surface area (Å²) in [5, 5.41) is 8.81. The first-order chi connectivity index (χ1) is 15.4. The molecule has 4 rings (SSSR count). The number of carbonyl (C=O) groups is 2. The Balaban J connectivity index is 1.53. The van der Waals surface area contributed by atoms with Crippen molar-refractivity contribution in [3.63, 3.8) is 0 Å². The number of anilines is 1. The molecule has 3 aromatic heterocycles. The standard InChI is InChI=1S/C21H15ClN4O5S/c1-30-21(29)18-15(8-9-32-18)23-16(27)11-26-10-13(4-7-17(26)28)20-24-19(25-31-20)12-2-5-14(22)6-3-12/h2-10H,11H2,1H3,(H,23,27). The van der Waals surface area contributed by atoms with E-state index in [0.29, 0.717) is 27.7 Å². The van der Waals surface area contributed by atoms with Gasteiger partial charge in [0.05, 0.1) is 18.4 Å². The van der Waals surface area contributed by atoms with Crippen molar-refractivity contribution in [2.45, 2.75) is 6.54 Å². The van der Waals surface area contributed by atoms with Gasteiger partial charge in [-0.25, -0.2) is 4.79 Å². The van der Waals surface area contributed by atoms with Gasteiger partial charge in [0.1, 0.15) is 11.4 Å². The van der Waals surface area contributed by atoms with Crippen molar-refractivity contribution in [1.82, 2.24) is 14.7 Å². The van der Waals surface area contributed by atoms with Gasteiger partial charge >= 0.3 is 5.97 Å². The first-order valence-electron chi connectivity index (χ1n) is 9.21. The van der Waals surface area contributed by atoms with Gasteiger partial charge in [-0.05, 0) is 41.8 Å². The lowest BCUT2D eigenvalue weighted by Gasteiger charge is -2.08. The lowest BCUT2D eigenvalue weighted by Crippen LogP contribution is -2.27. The van der Waals surface area contributed by atoms with Crippen LogP contribution in [0.5, 0.6) is 0 Å². The number of rotatable bonds is 6. The molecule has 0 aliphatic rings. The Kier molecular flexibility index (Phi) is 6.15.